The van der Waals surface area contributed by atoms with Crippen LogP contribution in [0.25, 0.3) is 16.9 Å². The van der Waals surface area contributed by atoms with Crippen molar-refractivity contribution in [2.45, 2.75) is 13.5 Å². The molecule has 0 atom stereocenters. The molecule has 3 aromatic rings. The van der Waals surface area contributed by atoms with E-state index in [0.717, 1.165) is 22.6 Å². The molecule has 0 saturated carbocycles. The average molecular weight is 307 g/mol. The van der Waals surface area contributed by atoms with Gasteiger partial charge in [0, 0.05) is 16.3 Å². The van der Waals surface area contributed by atoms with Crippen molar-refractivity contribution >= 4 is 28.8 Å². The number of rotatable bonds is 2. The highest BCUT2D eigenvalue weighted by Crippen LogP contribution is 2.33. The van der Waals surface area contributed by atoms with E-state index < -0.39 is 0 Å². The maximum absolute atomic E-state index is 9.71. The topological polar surface area (TPSA) is 37.5 Å². The Morgan fingerprint density at radius 3 is 2.70 bits per heavy atom. The summed E-state index contributed by atoms with van der Waals surface area (Å²) in [5, 5.41) is 10.8. The fourth-order valence-electron chi connectivity index (χ4n) is 2.37. The number of fused-ring (bicyclic) bond motifs is 1. The lowest BCUT2D eigenvalue weighted by atomic mass is 10.1. The molecule has 0 bridgehead atoms. The molecule has 0 saturated heterocycles. The lowest BCUT2D eigenvalue weighted by Gasteiger charge is -2.06. The van der Waals surface area contributed by atoms with E-state index in [1.54, 1.807) is 12.1 Å². The second kappa shape index (κ2) is 5.09. The number of aliphatic hydroxyl groups excluding tert-OH is 1. The zero-order valence-electron chi connectivity index (χ0n) is 10.8. The first-order chi connectivity index (χ1) is 9.61. The molecule has 1 aromatic carbocycles. The highest BCUT2D eigenvalue weighted by Gasteiger charge is 2.16. The minimum absolute atomic E-state index is 0.111. The summed E-state index contributed by atoms with van der Waals surface area (Å²) in [5.41, 5.74) is 3.97. The van der Waals surface area contributed by atoms with Crippen LogP contribution in [0.1, 0.15) is 11.4 Å². The van der Waals surface area contributed by atoms with Gasteiger partial charge in [-0.15, -0.1) is 0 Å². The molecule has 0 unspecified atom stereocenters. The molecular formula is C15H12Cl2N2O. The molecule has 3 nitrogen and oxygen atoms in total. The Balaban J connectivity index is 2.33. The summed E-state index contributed by atoms with van der Waals surface area (Å²) in [6.45, 7) is 1.86. The summed E-state index contributed by atoms with van der Waals surface area (Å²) < 4.78 is 1.93. The normalized spacial score (nSPS) is 11.2. The Kier molecular flexibility index (Phi) is 3.42. The Morgan fingerprint density at radius 1 is 1.20 bits per heavy atom. The predicted octanol–water partition coefficient (Wildman–Crippen LogP) is 4.11. The second-order valence-electron chi connectivity index (χ2n) is 4.55. The highest BCUT2D eigenvalue weighted by molar-refractivity contribution is 6.36. The molecule has 0 aliphatic rings. The number of hydrogen-bond donors (Lipinski definition) is 1. The summed E-state index contributed by atoms with van der Waals surface area (Å²) in [7, 11) is 0. The number of pyridine rings is 1. The molecule has 0 amide bonds. The molecule has 2 heterocycles. The monoisotopic (exact) mass is 306 g/mol. The maximum atomic E-state index is 9.71. The highest BCUT2D eigenvalue weighted by atomic mass is 35.5. The number of aromatic nitrogens is 2. The van der Waals surface area contributed by atoms with Crippen molar-refractivity contribution in [3.05, 3.63) is 57.8 Å². The van der Waals surface area contributed by atoms with E-state index in [2.05, 4.69) is 4.98 Å². The molecule has 0 fully saturated rings. The number of hydrogen-bond acceptors (Lipinski definition) is 2. The van der Waals surface area contributed by atoms with Crippen molar-refractivity contribution in [2.75, 3.05) is 0 Å². The van der Waals surface area contributed by atoms with Crippen LogP contribution in [0.3, 0.4) is 0 Å². The van der Waals surface area contributed by atoms with E-state index in [1.807, 2.05) is 35.6 Å². The smallest absolute Gasteiger partial charge is 0.137 e. The zero-order valence-corrected chi connectivity index (χ0v) is 12.3. The average Bonchev–Trinajstić information content (AvgIpc) is 2.78. The first-order valence-electron chi connectivity index (χ1n) is 6.15. The van der Waals surface area contributed by atoms with Gasteiger partial charge in [0.15, 0.2) is 0 Å². The van der Waals surface area contributed by atoms with Crippen LogP contribution in [0.2, 0.25) is 10.0 Å². The van der Waals surface area contributed by atoms with E-state index in [0.29, 0.717) is 15.7 Å². The fraction of sp³-hybridized carbons (Fsp3) is 0.133. The number of nitrogens with zero attached hydrogens (tertiary/aromatic N) is 2. The van der Waals surface area contributed by atoms with Gasteiger partial charge in [-0.05, 0) is 37.3 Å². The summed E-state index contributed by atoms with van der Waals surface area (Å²) in [6, 6.07) is 11.1. The van der Waals surface area contributed by atoms with Gasteiger partial charge in [0.2, 0.25) is 0 Å². The van der Waals surface area contributed by atoms with Gasteiger partial charge in [0.25, 0.3) is 0 Å². The van der Waals surface area contributed by atoms with Gasteiger partial charge in [-0.25, -0.2) is 4.98 Å². The van der Waals surface area contributed by atoms with E-state index in [4.69, 9.17) is 23.2 Å². The molecule has 2 aromatic heterocycles. The van der Waals surface area contributed by atoms with Gasteiger partial charge in [-0.1, -0.05) is 29.3 Å². The molecule has 5 heteroatoms. The van der Waals surface area contributed by atoms with E-state index in [9.17, 15) is 5.11 Å². The fourth-order valence-corrected chi connectivity index (χ4v) is 2.87. The number of halogens is 2. The third kappa shape index (κ3) is 2.08. The largest absolute Gasteiger partial charge is 0.390 e. The number of aryl methyl sites for hydroxylation is 1. The lowest BCUT2D eigenvalue weighted by Crippen LogP contribution is -1.97. The van der Waals surface area contributed by atoms with Crippen molar-refractivity contribution in [1.82, 2.24) is 9.38 Å². The molecule has 3 rings (SSSR count). The van der Waals surface area contributed by atoms with Crippen molar-refractivity contribution in [3.8, 4) is 11.3 Å². The van der Waals surface area contributed by atoms with Crippen LogP contribution >= 0.6 is 23.2 Å². The molecule has 0 radical (unpaired) electrons. The van der Waals surface area contributed by atoms with Gasteiger partial charge in [-0.3, -0.25) is 4.40 Å². The van der Waals surface area contributed by atoms with Gasteiger partial charge >= 0.3 is 0 Å². The van der Waals surface area contributed by atoms with Gasteiger partial charge in [0.1, 0.15) is 5.65 Å². The van der Waals surface area contributed by atoms with Crippen LogP contribution < -0.4 is 0 Å². The van der Waals surface area contributed by atoms with Crippen LogP contribution in [0, 0.1) is 6.92 Å². The van der Waals surface area contributed by atoms with E-state index in [-0.39, 0.29) is 6.61 Å². The number of aliphatic hydroxyl groups is 1. The third-order valence-electron chi connectivity index (χ3n) is 3.27. The first-order valence-corrected chi connectivity index (χ1v) is 6.90. The Morgan fingerprint density at radius 2 is 2.00 bits per heavy atom. The summed E-state index contributed by atoms with van der Waals surface area (Å²) in [6.07, 6.45) is 0. The molecule has 102 valence electrons. The Bertz CT molecular complexity index is 796. The molecule has 0 spiro atoms. The molecule has 0 aliphatic heterocycles. The Labute approximate surface area is 126 Å². The maximum Gasteiger partial charge on any atom is 0.137 e. The minimum Gasteiger partial charge on any atom is -0.390 e. The Hall–Kier alpha value is -1.55. The first kappa shape index (κ1) is 13.4. The summed E-state index contributed by atoms with van der Waals surface area (Å²) in [5.74, 6) is 0. The van der Waals surface area contributed by atoms with E-state index in [1.165, 1.54) is 0 Å². The van der Waals surface area contributed by atoms with Crippen LogP contribution in [-0.2, 0) is 6.61 Å². The lowest BCUT2D eigenvalue weighted by molar-refractivity contribution is 0.276. The van der Waals surface area contributed by atoms with Gasteiger partial charge in [0.05, 0.1) is 23.0 Å². The van der Waals surface area contributed by atoms with E-state index >= 15 is 0 Å². The van der Waals surface area contributed by atoms with Crippen molar-refractivity contribution in [1.29, 1.82) is 0 Å². The van der Waals surface area contributed by atoms with Crippen molar-refractivity contribution < 1.29 is 5.11 Å². The molecule has 1 N–H and O–H groups in total. The third-order valence-corrected chi connectivity index (χ3v) is 3.82. The summed E-state index contributed by atoms with van der Waals surface area (Å²) in [4.78, 5) is 4.58. The predicted molar refractivity (Wildman–Crippen MR) is 81.3 cm³/mol. The minimum atomic E-state index is -0.111. The van der Waals surface area contributed by atoms with Crippen molar-refractivity contribution in [2.24, 2.45) is 0 Å². The second-order valence-corrected chi connectivity index (χ2v) is 5.39. The standard InChI is InChI=1S/C15H12Cl2N2O/c1-9-3-2-4-14-18-15(13(8-20)19(9)14)11-6-5-10(16)7-12(11)17/h2-7,20H,8H2,1H3. The van der Waals surface area contributed by atoms with Crippen LogP contribution in [0.15, 0.2) is 36.4 Å². The quantitative estimate of drug-likeness (QED) is 0.773. The number of imidazole rings is 1. The SMILES string of the molecule is Cc1cccc2nc(-c3ccc(Cl)cc3Cl)c(CO)n12. The summed E-state index contributed by atoms with van der Waals surface area (Å²) >= 11 is 12.2. The van der Waals surface area contributed by atoms with Gasteiger partial charge < -0.3 is 5.11 Å². The molecular weight excluding hydrogens is 295 g/mol. The molecule has 0 aliphatic carbocycles. The van der Waals surface area contributed by atoms with Crippen LogP contribution in [0.4, 0.5) is 0 Å². The van der Waals surface area contributed by atoms with Gasteiger partial charge in [-0.2, -0.15) is 0 Å². The zero-order chi connectivity index (χ0) is 14.3. The van der Waals surface area contributed by atoms with Crippen LogP contribution in [-0.4, -0.2) is 14.5 Å². The molecule has 20 heavy (non-hydrogen) atoms. The van der Waals surface area contributed by atoms with Crippen molar-refractivity contribution in [3.63, 3.8) is 0 Å². The van der Waals surface area contributed by atoms with Crippen LogP contribution in [0.5, 0.6) is 0 Å². The number of benzene rings is 1.